The molecule has 29 heavy (non-hydrogen) atoms. The molecule has 0 aliphatic carbocycles. The highest BCUT2D eigenvalue weighted by Crippen LogP contribution is 2.30. The molecule has 1 amide bonds. The Morgan fingerprint density at radius 3 is 2.48 bits per heavy atom. The number of nitrogens with zero attached hydrogens (tertiary/aromatic N) is 2. The van der Waals surface area contributed by atoms with Gasteiger partial charge >= 0.3 is 0 Å². The predicted molar refractivity (Wildman–Crippen MR) is 115 cm³/mol. The Morgan fingerprint density at radius 2 is 1.79 bits per heavy atom. The highest BCUT2D eigenvalue weighted by Gasteiger charge is 2.34. The Labute approximate surface area is 179 Å². The summed E-state index contributed by atoms with van der Waals surface area (Å²) in [5, 5.41) is 3.10. The molecule has 0 aromatic heterocycles. The van der Waals surface area contributed by atoms with Gasteiger partial charge in [-0.2, -0.15) is 8.42 Å². The number of benzene rings is 2. The summed E-state index contributed by atoms with van der Waals surface area (Å²) in [6.07, 6.45) is 1.33. The van der Waals surface area contributed by atoms with Crippen molar-refractivity contribution in [1.82, 2.24) is 10.2 Å². The summed E-state index contributed by atoms with van der Waals surface area (Å²) < 4.78 is 29.5. The van der Waals surface area contributed by atoms with Crippen LogP contribution in [0.3, 0.4) is 0 Å². The summed E-state index contributed by atoms with van der Waals surface area (Å²) in [7, 11) is -3.62. The van der Waals surface area contributed by atoms with Crippen LogP contribution in [0.5, 0.6) is 0 Å². The molecule has 4 rings (SSSR count). The molecule has 0 bridgehead atoms. The number of amidine groups is 1. The van der Waals surface area contributed by atoms with E-state index in [0.29, 0.717) is 37.3 Å². The van der Waals surface area contributed by atoms with Crippen molar-refractivity contribution in [2.75, 3.05) is 13.1 Å². The summed E-state index contributed by atoms with van der Waals surface area (Å²) in [6, 6.07) is 14.8. The number of sulfonamides is 1. The maximum Gasteiger partial charge on any atom is 0.285 e. The Morgan fingerprint density at radius 1 is 1.14 bits per heavy atom. The third kappa shape index (κ3) is 4.09. The molecule has 8 heteroatoms. The number of amides is 1. The van der Waals surface area contributed by atoms with E-state index in [2.05, 4.69) is 25.6 Å². The van der Waals surface area contributed by atoms with Gasteiger partial charge in [0.05, 0.1) is 6.04 Å². The van der Waals surface area contributed by atoms with Crippen molar-refractivity contribution in [2.45, 2.75) is 30.7 Å². The zero-order chi connectivity index (χ0) is 20.6. The fraction of sp³-hybridized carbons (Fsp3) is 0.333. The molecule has 1 atom stereocenters. The SMILES string of the molecule is C[C@H](NC(=O)C1CCN(C2=NS(=O)(=O)c3ccccc32)CC1)c1ccc(Br)cc1. The van der Waals surface area contributed by atoms with Crippen molar-refractivity contribution in [3.63, 3.8) is 0 Å². The van der Waals surface area contributed by atoms with Crippen LogP contribution in [0.15, 0.2) is 62.3 Å². The minimum atomic E-state index is -3.62. The zero-order valence-electron chi connectivity index (χ0n) is 16.0. The number of carbonyl (C=O) groups is 1. The van der Waals surface area contributed by atoms with Crippen LogP contribution < -0.4 is 5.32 Å². The van der Waals surface area contributed by atoms with Gasteiger partial charge in [-0.15, -0.1) is 4.40 Å². The lowest BCUT2D eigenvalue weighted by Crippen LogP contribution is -2.43. The van der Waals surface area contributed by atoms with Crippen LogP contribution in [0, 0.1) is 5.92 Å². The highest BCUT2D eigenvalue weighted by molar-refractivity contribution is 9.10. The van der Waals surface area contributed by atoms with Gasteiger partial charge in [0.15, 0.2) is 5.84 Å². The molecule has 152 valence electrons. The molecule has 2 aromatic rings. The average molecular weight is 476 g/mol. The Balaban J connectivity index is 1.39. The second kappa shape index (κ2) is 7.91. The van der Waals surface area contributed by atoms with E-state index in [4.69, 9.17) is 0 Å². The molecule has 2 heterocycles. The second-order valence-electron chi connectivity index (χ2n) is 7.43. The first kappa shape index (κ1) is 20.1. The number of nitrogens with one attached hydrogen (secondary N) is 1. The van der Waals surface area contributed by atoms with Crippen LogP contribution in [-0.2, 0) is 14.8 Å². The molecule has 0 saturated carbocycles. The first-order chi connectivity index (χ1) is 13.8. The Hall–Kier alpha value is -2.19. The largest absolute Gasteiger partial charge is 0.355 e. The van der Waals surface area contributed by atoms with Gasteiger partial charge in [-0.05, 0) is 49.6 Å². The summed E-state index contributed by atoms with van der Waals surface area (Å²) in [5.41, 5.74) is 1.71. The third-order valence-electron chi connectivity index (χ3n) is 5.51. The van der Waals surface area contributed by atoms with E-state index in [1.54, 1.807) is 18.2 Å². The van der Waals surface area contributed by atoms with Gasteiger partial charge in [0.2, 0.25) is 5.91 Å². The summed E-state index contributed by atoms with van der Waals surface area (Å²) in [4.78, 5) is 15.0. The van der Waals surface area contributed by atoms with Crippen LogP contribution in [0.1, 0.15) is 36.9 Å². The molecule has 2 aromatic carbocycles. The first-order valence-corrected chi connectivity index (χ1v) is 11.8. The number of hydrogen-bond acceptors (Lipinski definition) is 4. The molecule has 0 unspecified atom stereocenters. The van der Waals surface area contributed by atoms with Gasteiger partial charge in [-0.3, -0.25) is 4.79 Å². The van der Waals surface area contributed by atoms with Gasteiger partial charge < -0.3 is 10.2 Å². The first-order valence-electron chi connectivity index (χ1n) is 9.60. The van der Waals surface area contributed by atoms with E-state index in [0.717, 1.165) is 10.0 Å². The lowest BCUT2D eigenvalue weighted by Gasteiger charge is -2.33. The third-order valence-corrected chi connectivity index (χ3v) is 7.36. The summed E-state index contributed by atoms with van der Waals surface area (Å²) in [6.45, 7) is 3.19. The number of likely N-dealkylation sites (tertiary alicyclic amines) is 1. The standard InChI is InChI=1S/C21H22BrN3O3S/c1-14(15-6-8-17(22)9-7-15)23-21(26)16-10-12-25(13-11-16)20-18-4-2-3-5-19(18)29(27,28)24-20/h2-9,14,16H,10-13H2,1H3,(H,23,26)/t14-/m0/s1. The Bertz CT molecular complexity index is 1060. The van der Waals surface area contributed by atoms with E-state index in [-0.39, 0.29) is 22.8 Å². The molecule has 6 nitrogen and oxygen atoms in total. The van der Waals surface area contributed by atoms with Crippen molar-refractivity contribution in [3.8, 4) is 0 Å². The molecule has 0 radical (unpaired) electrons. The average Bonchev–Trinajstić information content (AvgIpc) is 3.00. The quantitative estimate of drug-likeness (QED) is 0.736. The smallest absolute Gasteiger partial charge is 0.285 e. The number of hydrogen-bond donors (Lipinski definition) is 1. The van der Waals surface area contributed by atoms with Gasteiger partial charge in [0.1, 0.15) is 4.90 Å². The van der Waals surface area contributed by atoms with Crippen LogP contribution in [0.25, 0.3) is 0 Å². The van der Waals surface area contributed by atoms with Crippen LogP contribution in [0.4, 0.5) is 0 Å². The van der Waals surface area contributed by atoms with Crippen LogP contribution in [0.2, 0.25) is 0 Å². The topological polar surface area (TPSA) is 78.8 Å². The maximum atomic E-state index is 12.7. The number of carbonyl (C=O) groups excluding carboxylic acids is 1. The van der Waals surface area contributed by atoms with E-state index >= 15 is 0 Å². The second-order valence-corrected chi connectivity index (χ2v) is 9.92. The summed E-state index contributed by atoms with van der Waals surface area (Å²) in [5.74, 6) is 0.460. The summed E-state index contributed by atoms with van der Waals surface area (Å²) >= 11 is 3.42. The molecular formula is C21H22BrN3O3S. The number of rotatable bonds is 3. The molecule has 2 aliphatic rings. The van der Waals surface area contributed by atoms with Gasteiger partial charge in [0, 0.05) is 29.0 Å². The van der Waals surface area contributed by atoms with Crippen molar-refractivity contribution < 1.29 is 13.2 Å². The van der Waals surface area contributed by atoms with E-state index < -0.39 is 10.0 Å². The molecule has 1 saturated heterocycles. The van der Waals surface area contributed by atoms with Crippen molar-refractivity contribution in [2.24, 2.45) is 10.3 Å². The van der Waals surface area contributed by atoms with E-state index in [9.17, 15) is 13.2 Å². The van der Waals surface area contributed by atoms with Crippen LogP contribution >= 0.6 is 15.9 Å². The maximum absolute atomic E-state index is 12.7. The number of halogens is 1. The minimum Gasteiger partial charge on any atom is -0.355 e. The Kier molecular flexibility index (Phi) is 5.48. The lowest BCUT2D eigenvalue weighted by molar-refractivity contribution is -0.126. The fourth-order valence-electron chi connectivity index (χ4n) is 3.84. The minimum absolute atomic E-state index is 0.0430. The zero-order valence-corrected chi connectivity index (χ0v) is 18.4. The molecule has 0 spiro atoms. The van der Waals surface area contributed by atoms with Gasteiger partial charge in [-0.1, -0.05) is 40.2 Å². The molecule has 1 N–H and O–H groups in total. The number of fused-ring (bicyclic) bond motifs is 1. The molecule has 1 fully saturated rings. The molecular weight excluding hydrogens is 454 g/mol. The van der Waals surface area contributed by atoms with Crippen molar-refractivity contribution >= 4 is 37.7 Å². The van der Waals surface area contributed by atoms with Gasteiger partial charge in [0.25, 0.3) is 10.0 Å². The number of piperidine rings is 1. The van der Waals surface area contributed by atoms with E-state index in [1.807, 2.05) is 42.2 Å². The van der Waals surface area contributed by atoms with E-state index in [1.165, 1.54) is 0 Å². The van der Waals surface area contributed by atoms with Crippen molar-refractivity contribution in [3.05, 3.63) is 64.1 Å². The predicted octanol–water partition coefficient (Wildman–Crippen LogP) is 3.49. The van der Waals surface area contributed by atoms with Gasteiger partial charge in [-0.25, -0.2) is 0 Å². The normalized spacial score (nSPS) is 19.4. The van der Waals surface area contributed by atoms with Crippen LogP contribution in [-0.4, -0.2) is 38.2 Å². The van der Waals surface area contributed by atoms with Crippen molar-refractivity contribution in [1.29, 1.82) is 0 Å². The molecule has 2 aliphatic heterocycles. The lowest BCUT2D eigenvalue weighted by atomic mass is 9.94. The fourth-order valence-corrected chi connectivity index (χ4v) is 5.33. The highest BCUT2D eigenvalue weighted by atomic mass is 79.9. The monoisotopic (exact) mass is 475 g/mol.